The van der Waals surface area contributed by atoms with Crippen LogP contribution in [0.5, 0.6) is 0 Å². The minimum atomic E-state index is -0.421. The van der Waals surface area contributed by atoms with E-state index in [1.54, 1.807) is 0 Å². The summed E-state index contributed by atoms with van der Waals surface area (Å²) in [6.45, 7) is 12.1. The van der Waals surface area contributed by atoms with Crippen LogP contribution in [0.2, 0.25) is 0 Å². The van der Waals surface area contributed by atoms with Crippen LogP contribution in [0.4, 0.5) is 0 Å². The SMILES string of the molecule is CC(C)[C@H]1CC[C@@H](C)C[C@H]1OC[C@H](O)CN1CCN(C(c2ccccc2)c2ccccc2)CC1. The van der Waals surface area contributed by atoms with Crippen molar-refractivity contribution in [2.75, 3.05) is 39.3 Å². The predicted octanol–water partition coefficient (Wildman–Crippen LogP) is 5.23. The summed E-state index contributed by atoms with van der Waals surface area (Å²) in [5.41, 5.74) is 2.69. The number of ether oxygens (including phenoxy) is 1. The molecule has 1 aliphatic heterocycles. The molecule has 2 aromatic carbocycles. The Morgan fingerprint density at radius 1 is 0.882 bits per heavy atom. The van der Waals surface area contributed by atoms with E-state index in [-0.39, 0.29) is 6.04 Å². The summed E-state index contributed by atoms with van der Waals surface area (Å²) in [6.07, 6.45) is 3.58. The van der Waals surface area contributed by atoms with Gasteiger partial charge >= 0.3 is 0 Å². The first-order valence-corrected chi connectivity index (χ1v) is 13.4. The molecule has 1 saturated carbocycles. The second-order valence-electron chi connectivity index (χ2n) is 10.9. The highest BCUT2D eigenvalue weighted by Crippen LogP contribution is 2.35. The Labute approximate surface area is 206 Å². The van der Waals surface area contributed by atoms with Gasteiger partial charge in [0.2, 0.25) is 0 Å². The van der Waals surface area contributed by atoms with Crippen LogP contribution in [0.15, 0.2) is 60.7 Å². The van der Waals surface area contributed by atoms with E-state index in [2.05, 4.69) is 91.2 Å². The molecule has 2 aliphatic rings. The lowest BCUT2D eigenvalue weighted by Crippen LogP contribution is -2.50. The molecule has 1 saturated heterocycles. The number of hydrogen-bond acceptors (Lipinski definition) is 4. The van der Waals surface area contributed by atoms with Gasteiger partial charge in [-0.05, 0) is 41.7 Å². The molecular weight excluding hydrogens is 420 g/mol. The van der Waals surface area contributed by atoms with E-state index in [1.807, 2.05) is 0 Å². The largest absolute Gasteiger partial charge is 0.389 e. The molecule has 0 spiro atoms. The average Bonchev–Trinajstić information content (AvgIpc) is 2.85. The van der Waals surface area contributed by atoms with Gasteiger partial charge in [-0.2, -0.15) is 0 Å². The van der Waals surface area contributed by atoms with Gasteiger partial charge in [-0.3, -0.25) is 9.80 Å². The first kappa shape index (κ1) is 25.4. The van der Waals surface area contributed by atoms with Crippen LogP contribution in [0.25, 0.3) is 0 Å². The number of piperazine rings is 1. The van der Waals surface area contributed by atoms with Gasteiger partial charge in [-0.15, -0.1) is 0 Å². The van der Waals surface area contributed by atoms with Crippen LogP contribution in [0.3, 0.4) is 0 Å². The molecule has 1 aliphatic carbocycles. The maximum Gasteiger partial charge on any atom is 0.0900 e. The van der Waals surface area contributed by atoms with Crippen LogP contribution in [-0.2, 0) is 4.74 Å². The topological polar surface area (TPSA) is 35.9 Å². The zero-order valence-corrected chi connectivity index (χ0v) is 21.4. The zero-order valence-electron chi connectivity index (χ0n) is 21.4. The number of hydrogen-bond donors (Lipinski definition) is 1. The van der Waals surface area contributed by atoms with Gasteiger partial charge in [0.05, 0.1) is 24.9 Å². The predicted molar refractivity (Wildman–Crippen MR) is 140 cm³/mol. The fraction of sp³-hybridized carbons (Fsp3) is 0.600. The van der Waals surface area contributed by atoms with Crippen LogP contribution in [-0.4, -0.2) is 66.4 Å². The Hall–Kier alpha value is -1.72. The van der Waals surface area contributed by atoms with Crippen molar-refractivity contribution in [3.05, 3.63) is 71.8 Å². The van der Waals surface area contributed by atoms with E-state index >= 15 is 0 Å². The molecular formula is C30H44N2O2. The highest BCUT2D eigenvalue weighted by atomic mass is 16.5. The summed E-state index contributed by atoms with van der Waals surface area (Å²) < 4.78 is 6.32. The number of benzene rings is 2. The van der Waals surface area contributed by atoms with E-state index < -0.39 is 6.10 Å². The second kappa shape index (κ2) is 12.3. The van der Waals surface area contributed by atoms with Crippen molar-refractivity contribution in [1.29, 1.82) is 0 Å². The van der Waals surface area contributed by atoms with Crippen LogP contribution < -0.4 is 0 Å². The molecule has 4 heteroatoms. The molecule has 4 rings (SSSR count). The number of nitrogens with zero attached hydrogens (tertiary/aromatic N) is 2. The molecule has 186 valence electrons. The fourth-order valence-electron chi connectivity index (χ4n) is 5.98. The molecule has 0 amide bonds. The number of aliphatic hydroxyl groups excluding tert-OH is 1. The van der Waals surface area contributed by atoms with Gasteiger partial charge in [0.25, 0.3) is 0 Å². The molecule has 0 aromatic heterocycles. The van der Waals surface area contributed by atoms with Crippen LogP contribution in [0.1, 0.15) is 57.2 Å². The lowest BCUT2D eigenvalue weighted by atomic mass is 9.75. The molecule has 4 nitrogen and oxygen atoms in total. The molecule has 4 atom stereocenters. The minimum absolute atomic E-state index is 0.277. The summed E-state index contributed by atoms with van der Waals surface area (Å²) >= 11 is 0. The normalized spacial score (nSPS) is 25.6. The van der Waals surface area contributed by atoms with E-state index in [0.29, 0.717) is 31.1 Å². The van der Waals surface area contributed by atoms with Crippen molar-refractivity contribution < 1.29 is 9.84 Å². The number of β-amino-alcohol motifs (C(OH)–C–C–N with tert-alkyl or cyclic N) is 1. The molecule has 2 fully saturated rings. The molecule has 0 unspecified atom stereocenters. The van der Waals surface area contributed by atoms with Crippen LogP contribution in [0, 0.1) is 17.8 Å². The first-order valence-electron chi connectivity index (χ1n) is 13.4. The standard InChI is InChI=1S/C30H44N2O2/c1-23(2)28-15-14-24(3)20-29(28)34-22-27(33)21-31-16-18-32(19-17-31)30(25-10-6-4-7-11-25)26-12-8-5-9-13-26/h4-13,23-24,27-30,33H,14-22H2,1-3H3/t24-,27-,28-,29-/m1/s1. The second-order valence-corrected chi connectivity index (χ2v) is 10.9. The zero-order chi connectivity index (χ0) is 23.9. The smallest absolute Gasteiger partial charge is 0.0900 e. The third-order valence-electron chi connectivity index (χ3n) is 7.94. The Morgan fingerprint density at radius 3 is 2.03 bits per heavy atom. The molecule has 0 radical (unpaired) electrons. The molecule has 1 heterocycles. The third kappa shape index (κ3) is 6.69. The van der Waals surface area contributed by atoms with Crippen molar-refractivity contribution in [3.8, 4) is 0 Å². The maximum atomic E-state index is 10.8. The Morgan fingerprint density at radius 2 is 1.47 bits per heavy atom. The number of aliphatic hydroxyl groups is 1. The Bertz CT molecular complexity index is 796. The van der Waals surface area contributed by atoms with Gasteiger partial charge in [-0.1, -0.05) is 87.9 Å². The fourth-order valence-corrected chi connectivity index (χ4v) is 5.98. The van der Waals surface area contributed by atoms with E-state index in [1.165, 1.54) is 24.0 Å². The van der Waals surface area contributed by atoms with Crippen molar-refractivity contribution in [2.24, 2.45) is 17.8 Å². The third-order valence-corrected chi connectivity index (χ3v) is 7.94. The van der Waals surface area contributed by atoms with Gasteiger partial charge in [0.15, 0.2) is 0 Å². The first-order chi connectivity index (χ1) is 16.5. The highest BCUT2D eigenvalue weighted by Gasteiger charge is 2.32. The molecule has 34 heavy (non-hydrogen) atoms. The maximum absolute atomic E-state index is 10.8. The van der Waals surface area contributed by atoms with E-state index in [4.69, 9.17) is 4.74 Å². The van der Waals surface area contributed by atoms with Gasteiger partial charge in [0, 0.05) is 32.7 Å². The Balaban J connectivity index is 1.29. The minimum Gasteiger partial charge on any atom is -0.389 e. The van der Waals surface area contributed by atoms with E-state index in [0.717, 1.165) is 38.5 Å². The summed E-state index contributed by atoms with van der Waals surface area (Å²) in [7, 11) is 0. The van der Waals surface area contributed by atoms with E-state index in [9.17, 15) is 5.11 Å². The van der Waals surface area contributed by atoms with Crippen molar-refractivity contribution >= 4 is 0 Å². The van der Waals surface area contributed by atoms with Gasteiger partial charge in [0.1, 0.15) is 0 Å². The summed E-state index contributed by atoms with van der Waals surface area (Å²) in [6, 6.07) is 21.9. The Kier molecular flexibility index (Phi) is 9.18. The molecule has 2 aromatic rings. The highest BCUT2D eigenvalue weighted by molar-refractivity contribution is 5.31. The van der Waals surface area contributed by atoms with Gasteiger partial charge in [-0.25, -0.2) is 0 Å². The van der Waals surface area contributed by atoms with Crippen molar-refractivity contribution in [2.45, 2.75) is 58.3 Å². The quantitative estimate of drug-likeness (QED) is 0.551. The molecule has 1 N–H and O–H groups in total. The summed E-state index contributed by atoms with van der Waals surface area (Å²) in [5.74, 6) is 2.00. The van der Waals surface area contributed by atoms with Crippen molar-refractivity contribution in [3.63, 3.8) is 0 Å². The number of rotatable bonds is 9. The summed E-state index contributed by atoms with van der Waals surface area (Å²) in [4.78, 5) is 4.99. The lowest BCUT2D eigenvalue weighted by Gasteiger charge is -2.40. The summed E-state index contributed by atoms with van der Waals surface area (Å²) in [5, 5.41) is 10.8. The van der Waals surface area contributed by atoms with Gasteiger partial charge < -0.3 is 9.84 Å². The average molecular weight is 465 g/mol. The van der Waals surface area contributed by atoms with Crippen LogP contribution >= 0.6 is 0 Å². The lowest BCUT2D eigenvalue weighted by molar-refractivity contribution is -0.0757. The molecule has 0 bridgehead atoms. The van der Waals surface area contributed by atoms with Crippen molar-refractivity contribution in [1.82, 2.24) is 9.80 Å². The monoisotopic (exact) mass is 464 g/mol.